The Balaban J connectivity index is 3.46. The lowest BCUT2D eigenvalue weighted by Crippen LogP contribution is -2.12. The first-order chi connectivity index (χ1) is 6.06. The highest BCUT2D eigenvalue weighted by Crippen LogP contribution is 2.02. The predicted molar refractivity (Wildman–Crippen MR) is 50.3 cm³/mol. The van der Waals surface area contributed by atoms with Gasteiger partial charge in [-0.15, -0.1) is 0 Å². The molecule has 0 saturated heterocycles. The van der Waals surface area contributed by atoms with Crippen molar-refractivity contribution >= 4 is 11.8 Å². The fourth-order valence-electron chi connectivity index (χ4n) is 0.703. The molecule has 0 aromatic carbocycles. The third-order valence-electron chi connectivity index (χ3n) is 1.91. The number of carbonyl (C=O) groups excluding carboxylic acids is 2. The van der Waals surface area contributed by atoms with Crippen LogP contribution in [0.2, 0.25) is 0 Å². The predicted octanol–water partition coefficient (Wildman–Crippen LogP) is 1.94. The summed E-state index contributed by atoms with van der Waals surface area (Å²) >= 11 is 0. The first-order valence-corrected chi connectivity index (χ1v) is 4.71. The molecule has 76 valence electrons. The smallest absolute Gasteiger partial charge is 0.306 e. The average Bonchev–Trinajstić information content (AvgIpc) is 2.10. The molecule has 0 saturated carbocycles. The Hall–Kier alpha value is -0.860. The Labute approximate surface area is 79.5 Å². The maximum atomic E-state index is 11.0. The Morgan fingerprint density at radius 3 is 2.38 bits per heavy atom. The van der Waals surface area contributed by atoms with Crippen molar-refractivity contribution in [1.82, 2.24) is 0 Å². The van der Waals surface area contributed by atoms with Crippen molar-refractivity contribution in [3.8, 4) is 0 Å². The zero-order chi connectivity index (χ0) is 10.3. The van der Waals surface area contributed by atoms with E-state index in [1.54, 1.807) is 0 Å². The highest BCUT2D eigenvalue weighted by Gasteiger charge is 2.06. The van der Waals surface area contributed by atoms with Gasteiger partial charge in [0, 0.05) is 6.42 Å². The summed E-state index contributed by atoms with van der Waals surface area (Å²) in [7, 11) is 0. The topological polar surface area (TPSA) is 43.4 Å². The fraction of sp³-hybridized carbons (Fsp3) is 0.800. The van der Waals surface area contributed by atoms with Crippen LogP contribution in [0, 0.1) is 5.92 Å². The van der Waals surface area contributed by atoms with Gasteiger partial charge < -0.3 is 9.53 Å². The molecule has 0 amide bonds. The van der Waals surface area contributed by atoms with E-state index < -0.39 is 0 Å². The summed E-state index contributed by atoms with van der Waals surface area (Å²) in [4.78, 5) is 21.5. The number of Topliss-reactive ketones (excluding diaryl/α,β-unsaturated/α-hetero) is 1. The summed E-state index contributed by atoms with van der Waals surface area (Å²) in [5, 5.41) is 0. The first-order valence-electron chi connectivity index (χ1n) is 4.71. The molecule has 0 radical (unpaired) electrons. The second kappa shape index (κ2) is 6.63. The zero-order valence-corrected chi connectivity index (χ0v) is 8.63. The molecule has 3 nitrogen and oxygen atoms in total. The largest absolute Gasteiger partial charge is 0.465 e. The maximum Gasteiger partial charge on any atom is 0.306 e. The summed E-state index contributed by atoms with van der Waals surface area (Å²) in [6.45, 7) is 6.02. The third kappa shape index (κ3) is 7.50. The van der Waals surface area contributed by atoms with Gasteiger partial charge in [0.2, 0.25) is 0 Å². The van der Waals surface area contributed by atoms with Crippen molar-refractivity contribution in [3.05, 3.63) is 0 Å². The van der Waals surface area contributed by atoms with Crippen LogP contribution in [0.25, 0.3) is 0 Å². The molecule has 0 aliphatic carbocycles. The van der Waals surface area contributed by atoms with E-state index in [9.17, 15) is 9.59 Å². The van der Waals surface area contributed by atoms with Gasteiger partial charge in [-0.2, -0.15) is 0 Å². The second-order valence-electron chi connectivity index (χ2n) is 3.40. The zero-order valence-electron chi connectivity index (χ0n) is 8.63. The lowest BCUT2D eigenvalue weighted by Gasteiger charge is -2.08. The van der Waals surface area contributed by atoms with E-state index in [0.717, 1.165) is 6.42 Å². The van der Waals surface area contributed by atoms with Gasteiger partial charge in [-0.1, -0.05) is 20.3 Å². The van der Waals surface area contributed by atoms with E-state index in [2.05, 4.69) is 0 Å². The van der Waals surface area contributed by atoms with Crippen molar-refractivity contribution in [2.45, 2.75) is 40.0 Å². The molecule has 0 bridgehead atoms. The van der Waals surface area contributed by atoms with Crippen molar-refractivity contribution < 1.29 is 14.3 Å². The number of hydrogen-bond acceptors (Lipinski definition) is 3. The molecule has 0 aliphatic rings. The molecule has 0 heterocycles. The normalized spacial score (nSPS) is 12.2. The Morgan fingerprint density at radius 1 is 1.31 bits per heavy atom. The Bertz CT molecular complexity index is 175. The van der Waals surface area contributed by atoms with Crippen LogP contribution in [-0.2, 0) is 14.3 Å². The minimum atomic E-state index is -0.268. The SMILES string of the molecule is CCC(C)COC(=O)CCC(C)=O. The van der Waals surface area contributed by atoms with Gasteiger partial charge >= 0.3 is 5.97 Å². The van der Waals surface area contributed by atoms with Crippen LogP contribution in [0.15, 0.2) is 0 Å². The number of hydrogen-bond donors (Lipinski definition) is 0. The summed E-state index contributed by atoms with van der Waals surface area (Å²) in [6.07, 6.45) is 1.51. The third-order valence-corrected chi connectivity index (χ3v) is 1.91. The molecule has 0 fully saturated rings. The van der Waals surface area contributed by atoms with Crippen molar-refractivity contribution in [2.24, 2.45) is 5.92 Å². The minimum absolute atomic E-state index is 0.0282. The molecular formula is C10H18O3. The fourth-order valence-corrected chi connectivity index (χ4v) is 0.703. The molecule has 0 rings (SSSR count). The molecule has 13 heavy (non-hydrogen) atoms. The van der Waals surface area contributed by atoms with E-state index in [-0.39, 0.29) is 18.2 Å². The summed E-state index contributed by atoms with van der Waals surface area (Å²) in [5.74, 6) is 0.164. The number of esters is 1. The lowest BCUT2D eigenvalue weighted by atomic mass is 10.1. The van der Waals surface area contributed by atoms with Gasteiger partial charge in [-0.3, -0.25) is 4.79 Å². The summed E-state index contributed by atoms with van der Waals surface area (Å²) in [5.41, 5.74) is 0. The molecule has 1 unspecified atom stereocenters. The highest BCUT2D eigenvalue weighted by atomic mass is 16.5. The van der Waals surface area contributed by atoms with Crippen LogP contribution < -0.4 is 0 Å². The second-order valence-corrected chi connectivity index (χ2v) is 3.40. The Kier molecular flexibility index (Phi) is 6.20. The van der Waals surface area contributed by atoms with Crippen LogP contribution in [0.5, 0.6) is 0 Å². The first kappa shape index (κ1) is 12.1. The number of ether oxygens (including phenoxy) is 1. The summed E-state index contributed by atoms with van der Waals surface area (Å²) in [6, 6.07) is 0. The van der Waals surface area contributed by atoms with Crippen LogP contribution in [0.3, 0.4) is 0 Å². The van der Waals surface area contributed by atoms with Gasteiger partial charge in [-0.25, -0.2) is 0 Å². The molecule has 0 aromatic rings. The van der Waals surface area contributed by atoms with Crippen molar-refractivity contribution in [3.63, 3.8) is 0 Å². The van der Waals surface area contributed by atoms with Crippen LogP contribution in [-0.4, -0.2) is 18.4 Å². The van der Waals surface area contributed by atoms with Crippen LogP contribution >= 0.6 is 0 Å². The van der Waals surface area contributed by atoms with E-state index >= 15 is 0 Å². The average molecular weight is 186 g/mol. The lowest BCUT2D eigenvalue weighted by molar-refractivity contribution is -0.145. The number of carbonyl (C=O) groups is 2. The van der Waals surface area contributed by atoms with Gasteiger partial charge in [0.15, 0.2) is 0 Å². The van der Waals surface area contributed by atoms with Crippen molar-refractivity contribution in [2.75, 3.05) is 6.61 Å². The standard InChI is InChI=1S/C10H18O3/c1-4-8(2)7-13-10(12)6-5-9(3)11/h8H,4-7H2,1-3H3. The quantitative estimate of drug-likeness (QED) is 0.595. The molecule has 0 aliphatic heterocycles. The monoisotopic (exact) mass is 186 g/mol. The van der Waals surface area contributed by atoms with Crippen molar-refractivity contribution in [1.29, 1.82) is 0 Å². The van der Waals surface area contributed by atoms with Gasteiger partial charge in [0.1, 0.15) is 5.78 Å². The van der Waals surface area contributed by atoms with Gasteiger partial charge in [0.05, 0.1) is 13.0 Å². The van der Waals surface area contributed by atoms with E-state index in [0.29, 0.717) is 18.9 Å². The molecule has 0 N–H and O–H groups in total. The van der Waals surface area contributed by atoms with Gasteiger partial charge in [-0.05, 0) is 12.8 Å². The molecule has 0 spiro atoms. The van der Waals surface area contributed by atoms with Gasteiger partial charge in [0.25, 0.3) is 0 Å². The molecule has 1 atom stereocenters. The highest BCUT2D eigenvalue weighted by molar-refractivity contribution is 5.80. The van der Waals surface area contributed by atoms with Crippen LogP contribution in [0.1, 0.15) is 40.0 Å². The van der Waals surface area contributed by atoms with E-state index in [4.69, 9.17) is 4.74 Å². The summed E-state index contributed by atoms with van der Waals surface area (Å²) < 4.78 is 4.95. The maximum absolute atomic E-state index is 11.0. The number of rotatable bonds is 6. The molecular weight excluding hydrogens is 168 g/mol. The Morgan fingerprint density at radius 2 is 1.92 bits per heavy atom. The van der Waals surface area contributed by atoms with E-state index in [1.807, 2.05) is 13.8 Å². The molecule has 0 aromatic heterocycles. The van der Waals surface area contributed by atoms with E-state index in [1.165, 1.54) is 6.92 Å². The molecule has 3 heteroatoms. The number of ketones is 1. The van der Waals surface area contributed by atoms with Crippen LogP contribution in [0.4, 0.5) is 0 Å². The minimum Gasteiger partial charge on any atom is -0.465 e.